The maximum absolute atomic E-state index is 12.7. The van der Waals surface area contributed by atoms with Crippen molar-refractivity contribution in [2.75, 3.05) is 19.5 Å². The molecule has 2 rings (SSSR count). The number of sulfonamides is 1. The molecule has 3 N–H and O–H groups in total. The van der Waals surface area contributed by atoms with Crippen LogP contribution in [0.15, 0.2) is 34.7 Å². The standard InChI is InChI=1S/C18H26N4O4S3/c1-5-26-14-7-6-13(10-15(14)29(24,25)21-17(27)19-4)11-16(23)20-18(2,3)22-8-9-28-12-22/h6-10H,5,11-12H2,1-4H3,(H,20,23)(H2,19,21,27). The van der Waals surface area contributed by atoms with Gasteiger partial charge in [-0.1, -0.05) is 6.07 Å². The highest BCUT2D eigenvalue weighted by atomic mass is 32.2. The zero-order valence-corrected chi connectivity index (χ0v) is 19.3. The van der Waals surface area contributed by atoms with E-state index in [1.807, 2.05) is 30.4 Å². The molecule has 11 heteroatoms. The molecule has 0 unspecified atom stereocenters. The summed E-state index contributed by atoms with van der Waals surface area (Å²) >= 11 is 6.56. The highest BCUT2D eigenvalue weighted by Crippen LogP contribution is 2.26. The number of hydrogen-bond acceptors (Lipinski definition) is 7. The second kappa shape index (κ2) is 9.68. The van der Waals surface area contributed by atoms with Crippen molar-refractivity contribution < 1.29 is 17.9 Å². The second-order valence-electron chi connectivity index (χ2n) is 6.73. The number of ether oxygens (including phenoxy) is 1. The van der Waals surface area contributed by atoms with Gasteiger partial charge in [-0.15, -0.1) is 11.8 Å². The minimum atomic E-state index is -3.96. The molecule has 0 saturated carbocycles. The molecule has 160 valence electrons. The van der Waals surface area contributed by atoms with Crippen molar-refractivity contribution in [2.45, 2.75) is 37.8 Å². The van der Waals surface area contributed by atoms with Crippen LogP contribution in [0.1, 0.15) is 26.3 Å². The van der Waals surface area contributed by atoms with E-state index in [2.05, 4.69) is 15.4 Å². The molecule has 0 bridgehead atoms. The van der Waals surface area contributed by atoms with Crippen LogP contribution in [0.3, 0.4) is 0 Å². The number of rotatable bonds is 8. The monoisotopic (exact) mass is 458 g/mol. The summed E-state index contributed by atoms with van der Waals surface area (Å²) in [4.78, 5) is 14.5. The molecule has 1 heterocycles. The number of thiocarbonyl (C=S) groups is 1. The van der Waals surface area contributed by atoms with Crippen LogP contribution in [0.5, 0.6) is 5.75 Å². The molecular formula is C18H26N4O4S3. The lowest BCUT2D eigenvalue weighted by molar-refractivity contribution is -0.123. The topological polar surface area (TPSA) is 99.8 Å². The Bertz CT molecular complexity index is 900. The lowest BCUT2D eigenvalue weighted by Gasteiger charge is -2.36. The average Bonchev–Trinajstić information content (AvgIpc) is 3.18. The van der Waals surface area contributed by atoms with Crippen LogP contribution in [0.4, 0.5) is 0 Å². The zero-order chi connectivity index (χ0) is 21.7. The number of thioether (sulfide) groups is 1. The predicted molar refractivity (Wildman–Crippen MR) is 119 cm³/mol. The molecule has 1 aliphatic rings. The summed E-state index contributed by atoms with van der Waals surface area (Å²) in [6.07, 6.45) is 1.96. The number of carbonyl (C=O) groups excluding carboxylic acids is 1. The Morgan fingerprint density at radius 3 is 2.69 bits per heavy atom. The van der Waals surface area contributed by atoms with E-state index < -0.39 is 15.7 Å². The quantitative estimate of drug-likeness (QED) is 0.507. The fourth-order valence-electron chi connectivity index (χ4n) is 2.65. The Balaban J connectivity index is 2.22. The van der Waals surface area contributed by atoms with Crippen LogP contribution < -0.4 is 20.1 Å². The van der Waals surface area contributed by atoms with Gasteiger partial charge in [0, 0.05) is 13.2 Å². The van der Waals surface area contributed by atoms with E-state index in [0.29, 0.717) is 12.2 Å². The molecule has 0 aliphatic carbocycles. The van der Waals surface area contributed by atoms with Crippen molar-refractivity contribution in [3.8, 4) is 5.75 Å². The number of amides is 1. The molecule has 29 heavy (non-hydrogen) atoms. The molecule has 0 saturated heterocycles. The van der Waals surface area contributed by atoms with Crippen LogP contribution in [0.2, 0.25) is 0 Å². The minimum Gasteiger partial charge on any atom is -0.492 e. The lowest BCUT2D eigenvalue weighted by Crippen LogP contribution is -2.54. The van der Waals surface area contributed by atoms with Gasteiger partial charge in [-0.2, -0.15) is 0 Å². The summed E-state index contributed by atoms with van der Waals surface area (Å²) < 4.78 is 33.1. The third kappa shape index (κ3) is 6.25. The summed E-state index contributed by atoms with van der Waals surface area (Å²) in [7, 11) is -2.44. The highest BCUT2D eigenvalue weighted by Gasteiger charge is 2.28. The zero-order valence-electron chi connectivity index (χ0n) is 16.8. The van der Waals surface area contributed by atoms with Crippen LogP contribution in [-0.2, 0) is 21.2 Å². The molecule has 0 aromatic heterocycles. The van der Waals surface area contributed by atoms with E-state index in [1.165, 1.54) is 13.1 Å². The van der Waals surface area contributed by atoms with E-state index in [-0.39, 0.29) is 28.1 Å². The molecule has 1 amide bonds. The van der Waals surface area contributed by atoms with Crippen molar-refractivity contribution in [3.05, 3.63) is 35.4 Å². The van der Waals surface area contributed by atoms with Gasteiger partial charge >= 0.3 is 0 Å². The van der Waals surface area contributed by atoms with Crippen molar-refractivity contribution >= 4 is 45.0 Å². The number of benzene rings is 1. The van der Waals surface area contributed by atoms with Gasteiger partial charge in [-0.25, -0.2) is 8.42 Å². The van der Waals surface area contributed by atoms with Crippen molar-refractivity contribution in [1.82, 2.24) is 20.3 Å². The van der Waals surface area contributed by atoms with Gasteiger partial charge in [0.1, 0.15) is 16.3 Å². The number of hydrogen-bond donors (Lipinski definition) is 3. The third-order valence-electron chi connectivity index (χ3n) is 4.13. The Hall–Kier alpha value is -1.98. The lowest BCUT2D eigenvalue weighted by atomic mass is 10.1. The van der Waals surface area contributed by atoms with Crippen LogP contribution in [0, 0.1) is 0 Å². The van der Waals surface area contributed by atoms with E-state index in [1.54, 1.807) is 30.8 Å². The van der Waals surface area contributed by atoms with Crippen molar-refractivity contribution in [3.63, 3.8) is 0 Å². The van der Waals surface area contributed by atoms with Crippen LogP contribution in [-0.4, -0.2) is 49.5 Å². The molecule has 0 atom stereocenters. The van der Waals surface area contributed by atoms with E-state index in [9.17, 15) is 13.2 Å². The van der Waals surface area contributed by atoms with Gasteiger partial charge in [-0.05, 0) is 56.1 Å². The number of carbonyl (C=O) groups is 1. The maximum atomic E-state index is 12.7. The van der Waals surface area contributed by atoms with Gasteiger partial charge in [-0.3, -0.25) is 9.52 Å². The Morgan fingerprint density at radius 2 is 2.10 bits per heavy atom. The van der Waals surface area contributed by atoms with Crippen molar-refractivity contribution in [1.29, 1.82) is 0 Å². The van der Waals surface area contributed by atoms with E-state index in [4.69, 9.17) is 17.0 Å². The summed E-state index contributed by atoms with van der Waals surface area (Å²) in [5.74, 6) is 0.740. The molecule has 1 aromatic carbocycles. The summed E-state index contributed by atoms with van der Waals surface area (Å²) in [5.41, 5.74) is -0.0125. The first-order valence-electron chi connectivity index (χ1n) is 8.95. The molecule has 0 fully saturated rings. The maximum Gasteiger partial charge on any atom is 0.267 e. The SMILES string of the molecule is CCOc1ccc(CC(=O)NC(C)(C)N2C=CSC2)cc1S(=O)(=O)NC(=S)NC. The normalized spacial score (nSPS) is 13.9. The Labute approximate surface area is 181 Å². The fraction of sp³-hybridized carbons (Fsp3) is 0.444. The second-order valence-corrected chi connectivity index (χ2v) is 9.66. The summed E-state index contributed by atoms with van der Waals surface area (Å²) in [5, 5.41) is 7.49. The first kappa shape index (κ1) is 23.3. The number of nitrogens with zero attached hydrogens (tertiary/aromatic N) is 1. The van der Waals surface area contributed by atoms with Crippen LogP contribution >= 0.6 is 24.0 Å². The minimum absolute atomic E-state index is 0.0273. The Morgan fingerprint density at radius 1 is 1.38 bits per heavy atom. The van der Waals surface area contributed by atoms with Crippen LogP contribution in [0.25, 0.3) is 0 Å². The molecule has 0 spiro atoms. The molecular weight excluding hydrogens is 432 g/mol. The highest BCUT2D eigenvalue weighted by molar-refractivity contribution is 8.02. The molecule has 0 radical (unpaired) electrons. The first-order valence-corrected chi connectivity index (χ1v) is 11.9. The molecule has 1 aromatic rings. The summed E-state index contributed by atoms with van der Waals surface area (Å²) in [6, 6.07) is 4.66. The van der Waals surface area contributed by atoms with Gasteiger partial charge < -0.3 is 20.3 Å². The van der Waals surface area contributed by atoms with E-state index in [0.717, 1.165) is 5.88 Å². The van der Waals surface area contributed by atoms with Gasteiger partial charge in [0.05, 0.1) is 18.9 Å². The average molecular weight is 459 g/mol. The molecule has 8 nitrogen and oxygen atoms in total. The third-order valence-corrected chi connectivity index (χ3v) is 6.68. The smallest absolute Gasteiger partial charge is 0.267 e. The van der Waals surface area contributed by atoms with Crippen molar-refractivity contribution in [2.24, 2.45) is 0 Å². The van der Waals surface area contributed by atoms with E-state index >= 15 is 0 Å². The first-order chi connectivity index (χ1) is 13.6. The predicted octanol–water partition coefficient (Wildman–Crippen LogP) is 1.74. The summed E-state index contributed by atoms with van der Waals surface area (Å²) in [6.45, 7) is 5.89. The Kier molecular flexibility index (Phi) is 7.78. The van der Waals surface area contributed by atoms with Gasteiger partial charge in [0.15, 0.2) is 5.11 Å². The molecule has 1 aliphatic heterocycles. The number of nitrogens with one attached hydrogen (secondary N) is 3. The van der Waals surface area contributed by atoms with Gasteiger partial charge in [0.2, 0.25) is 5.91 Å². The van der Waals surface area contributed by atoms with Gasteiger partial charge in [0.25, 0.3) is 10.0 Å². The fourth-order valence-corrected chi connectivity index (χ4v) is 5.02. The largest absolute Gasteiger partial charge is 0.492 e.